The van der Waals surface area contributed by atoms with Gasteiger partial charge in [-0.05, 0) is 49.3 Å². The van der Waals surface area contributed by atoms with Crippen molar-refractivity contribution in [2.24, 2.45) is 5.92 Å². The van der Waals surface area contributed by atoms with Gasteiger partial charge in [0.25, 0.3) is 5.91 Å². The first kappa shape index (κ1) is 18.3. The standard InChI is InChI=1S/C19H28ClNO2/c20-18-11-10-15(9-6-12-22)13-17(18)19(23)21-14-16-7-4-2-1-3-5-8-16/h10-11,13,16,22H,1-9,12,14H2,(H,21,23). The van der Waals surface area contributed by atoms with Crippen molar-refractivity contribution in [3.63, 3.8) is 0 Å². The third-order valence-corrected chi connectivity index (χ3v) is 5.00. The minimum absolute atomic E-state index is 0.0806. The molecule has 1 aromatic rings. The predicted octanol–water partition coefficient (Wildman–Crippen LogP) is 4.36. The van der Waals surface area contributed by atoms with Crippen LogP contribution in [-0.4, -0.2) is 24.2 Å². The number of benzene rings is 1. The van der Waals surface area contributed by atoms with E-state index < -0.39 is 0 Å². The summed E-state index contributed by atoms with van der Waals surface area (Å²) in [5, 5.41) is 12.5. The van der Waals surface area contributed by atoms with Crippen LogP contribution in [0.2, 0.25) is 5.02 Å². The van der Waals surface area contributed by atoms with Gasteiger partial charge in [0.15, 0.2) is 0 Å². The Morgan fingerprint density at radius 3 is 2.57 bits per heavy atom. The van der Waals surface area contributed by atoms with Gasteiger partial charge >= 0.3 is 0 Å². The summed E-state index contributed by atoms with van der Waals surface area (Å²) < 4.78 is 0. The maximum absolute atomic E-state index is 12.4. The van der Waals surface area contributed by atoms with Crippen LogP contribution >= 0.6 is 11.6 Å². The van der Waals surface area contributed by atoms with Crippen LogP contribution in [-0.2, 0) is 6.42 Å². The van der Waals surface area contributed by atoms with Gasteiger partial charge in [-0.2, -0.15) is 0 Å². The van der Waals surface area contributed by atoms with Gasteiger partial charge in [-0.15, -0.1) is 0 Å². The minimum Gasteiger partial charge on any atom is -0.396 e. The summed E-state index contributed by atoms with van der Waals surface area (Å²) >= 11 is 6.18. The molecule has 128 valence electrons. The molecule has 1 aliphatic carbocycles. The highest BCUT2D eigenvalue weighted by Gasteiger charge is 2.15. The number of nitrogens with one attached hydrogen (secondary N) is 1. The zero-order chi connectivity index (χ0) is 16.5. The van der Waals surface area contributed by atoms with Gasteiger partial charge in [0, 0.05) is 13.2 Å². The molecule has 1 aliphatic rings. The molecule has 0 heterocycles. The van der Waals surface area contributed by atoms with Gasteiger partial charge in [0.2, 0.25) is 0 Å². The van der Waals surface area contributed by atoms with E-state index in [1.165, 1.54) is 44.9 Å². The van der Waals surface area contributed by atoms with Crippen molar-refractivity contribution >= 4 is 17.5 Å². The van der Waals surface area contributed by atoms with E-state index >= 15 is 0 Å². The van der Waals surface area contributed by atoms with E-state index in [1.807, 2.05) is 12.1 Å². The van der Waals surface area contributed by atoms with Gasteiger partial charge in [0.1, 0.15) is 0 Å². The lowest BCUT2D eigenvalue weighted by molar-refractivity contribution is 0.0944. The molecular weight excluding hydrogens is 310 g/mol. The number of carbonyl (C=O) groups excluding carboxylic acids is 1. The SMILES string of the molecule is O=C(NCC1CCCCCCC1)c1cc(CCCO)ccc1Cl. The third-order valence-electron chi connectivity index (χ3n) is 4.68. The van der Waals surface area contributed by atoms with Crippen molar-refractivity contribution < 1.29 is 9.90 Å². The van der Waals surface area contributed by atoms with Crippen LogP contribution in [0.1, 0.15) is 67.3 Å². The summed E-state index contributed by atoms with van der Waals surface area (Å²) in [6.07, 6.45) is 10.4. The number of carbonyl (C=O) groups is 1. The average Bonchev–Trinajstić information content (AvgIpc) is 2.52. The molecule has 0 radical (unpaired) electrons. The molecule has 2 rings (SSSR count). The highest BCUT2D eigenvalue weighted by Crippen LogP contribution is 2.22. The Kier molecular flexibility index (Phi) is 7.90. The molecule has 1 saturated carbocycles. The van der Waals surface area contributed by atoms with Crippen LogP contribution in [0.3, 0.4) is 0 Å². The fraction of sp³-hybridized carbons (Fsp3) is 0.632. The maximum atomic E-state index is 12.4. The lowest BCUT2D eigenvalue weighted by atomic mass is 9.91. The normalized spacial score (nSPS) is 16.6. The van der Waals surface area contributed by atoms with Crippen LogP contribution in [0.4, 0.5) is 0 Å². The Bertz CT molecular complexity index is 496. The molecule has 0 atom stereocenters. The molecule has 0 bridgehead atoms. The molecule has 4 heteroatoms. The van der Waals surface area contributed by atoms with Gasteiger partial charge in [-0.1, -0.05) is 49.8 Å². The molecule has 0 unspecified atom stereocenters. The first-order valence-corrected chi connectivity index (χ1v) is 9.26. The Hall–Kier alpha value is -1.06. The molecule has 23 heavy (non-hydrogen) atoms. The number of amides is 1. The first-order chi connectivity index (χ1) is 11.2. The fourth-order valence-electron chi connectivity index (χ4n) is 3.26. The summed E-state index contributed by atoms with van der Waals surface area (Å²) in [5.41, 5.74) is 1.59. The molecule has 3 nitrogen and oxygen atoms in total. The van der Waals surface area contributed by atoms with Crippen molar-refractivity contribution in [3.05, 3.63) is 34.3 Å². The second kappa shape index (κ2) is 9.94. The lowest BCUT2D eigenvalue weighted by Gasteiger charge is -2.20. The van der Waals surface area contributed by atoms with Crippen LogP contribution in [0.25, 0.3) is 0 Å². The van der Waals surface area contributed by atoms with Crippen LogP contribution < -0.4 is 5.32 Å². The number of aliphatic hydroxyl groups is 1. The fourth-order valence-corrected chi connectivity index (χ4v) is 3.47. The Morgan fingerprint density at radius 2 is 1.87 bits per heavy atom. The molecule has 2 N–H and O–H groups in total. The average molecular weight is 338 g/mol. The zero-order valence-electron chi connectivity index (χ0n) is 13.8. The van der Waals surface area contributed by atoms with E-state index in [0.717, 1.165) is 18.5 Å². The van der Waals surface area contributed by atoms with Gasteiger partial charge < -0.3 is 10.4 Å². The molecular formula is C19H28ClNO2. The number of rotatable bonds is 6. The third kappa shape index (κ3) is 6.15. The van der Waals surface area contributed by atoms with E-state index in [-0.39, 0.29) is 12.5 Å². The van der Waals surface area contributed by atoms with Crippen molar-refractivity contribution in [3.8, 4) is 0 Å². The summed E-state index contributed by atoms with van der Waals surface area (Å²) in [7, 11) is 0. The largest absolute Gasteiger partial charge is 0.396 e. The predicted molar refractivity (Wildman–Crippen MR) is 95.0 cm³/mol. The second-order valence-electron chi connectivity index (χ2n) is 6.56. The van der Waals surface area contributed by atoms with Crippen LogP contribution in [0.5, 0.6) is 0 Å². The highest BCUT2D eigenvalue weighted by molar-refractivity contribution is 6.33. The summed E-state index contributed by atoms with van der Waals surface area (Å²) in [6, 6.07) is 5.55. The lowest BCUT2D eigenvalue weighted by Crippen LogP contribution is -2.30. The van der Waals surface area contributed by atoms with Gasteiger partial charge in [-0.25, -0.2) is 0 Å². The molecule has 1 amide bonds. The summed E-state index contributed by atoms with van der Waals surface area (Å²) in [6.45, 7) is 0.905. The molecule has 0 spiro atoms. The molecule has 0 saturated heterocycles. The first-order valence-electron chi connectivity index (χ1n) is 8.88. The molecule has 1 fully saturated rings. The van der Waals surface area contributed by atoms with Crippen molar-refractivity contribution in [2.75, 3.05) is 13.2 Å². The van der Waals surface area contributed by atoms with Crippen molar-refractivity contribution in [2.45, 2.75) is 57.8 Å². The number of halogens is 1. The van der Waals surface area contributed by atoms with Gasteiger partial charge in [-0.3, -0.25) is 4.79 Å². The smallest absolute Gasteiger partial charge is 0.252 e. The number of aliphatic hydroxyl groups excluding tert-OH is 1. The van der Waals surface area contributed by atoms with E-state index in [2.05, 4.69) is 5.32 Å². The van der Waals surface area contributed by atoms with E-state index in [0.29, 0.717) is 22.9 Å². The molecule has 1 aromatic carbocycles. The monoisotopic (exact) mass is 337 g/mol. The topological polar surface area (TPSA) is 49.3 Å². The number of aryl methyl sites for hydroxylation is 1. The van der Waals surface area contributed by atoms with E-state index in [9.17, 15) is 4.79 Å². The van der Waals surface area contributed by atoms with Crippen LogP contribution in [0.15, 0.2) is 18.2 Å². The van der Waals surface area contributed by atoms with Gasteiger partial charge in [0.05, 0.1) is 10.6 Å². The Morgan fingerprint density at radius 1 is 1.17 bits per heavy atom. The maximum Gasteiger partial charge on any atom is 0.252 e. The molecule has 0 aromatic heterocycles. The molecule has 0 aliphatic heterocycles. The van der Waals surface area contributed by atoms with E-state index in [1.54, 1.807) is 6.07 Å². The van der Waals surface area contributed by atoms with Crippen LogP contribution in [0, 0.1) is 5.92 Å². The second-order valence-corrected chi connectivity index (χ2v) is 6.97. The number of hydrogen-bond donors (Lipinski definition) is 2. The summed E-state index contributed by atoms with van der Waals surface area (Å²) in [5.74, 6) is 0.513. The Balaban J connectivity index is 1.91. The quantitative estimate of drug-likeness (QED) is 0.810. The minimum atomic E-state index is -0.0806. The summed E-state index contributed by atoms with van der Waals surface area (Å²) in [4.78, 5) is 12.4. The zero-order valence-corrected chi connectivity index (χ0v) is 14.6. The Labute approximate surface area is 144 Å². The van der Waals surface area contributed by atoms with Crippen molar-refractivity contribution in [1.29, 1.82) is 0 Å². The van der Waals surface area contributed by atoms with Crippen molar-refractivity contribution in [1.82, 2.24) is 5.32 Å². The number of hydrogen-bond acceptors (Lipinski definition) is 2. The van der Waals surface area contributed by atoms with E-state index in [4.69, 9.17) is 16.7 Å². The highest BCUT2D eigenvalue weighted by atomic mass is 35.5.